The van der Waals surface area contributed by atoms with E-state index in [1.54, 1.807) is 18.2 Å². The van der Waals surface area contributed by atoms with Gasteiger partial charge in [0.2, 0.25) is 0 Å². The van der Waals surface area contributed by atoms with E-state index in [4.69, 9.17) is 0 Å². The monoisotopic (exact) mass is 387 g/mol. The van der Waals surface area contributed by atoms with Gasteiger partial charge >= 0.3 is 0 Å². The smallest absolute Gasteiger partial charge is 0.185 e. The largest absolute Gasteiger partial charge is 0.356 e. The predicted octanol–water partition coefficient (Wildman–Crippen LogP) is 2.93. The van der Waals surface area contributed by atoms with E-state index in [1.807, 2.05) is 0 Å². The maximum absolute atomic E-state index is 12.6. The van der Waals surface area contributed by atoms with Crippen LogP contribution < -0.4 is 4.90 Å². The van der Waals surface area contributed by atoms with Gasteiger partial charge in [-0.3, -0.25) is 4.79 Å². The Morgan fingerprint density at radius 3 is 2.48 bits per heavy atom. The van der Waals surface area contributed by atoms with Gasteiger partial charge in [-0.05, 0) is 42.9 Å². The second-order valence-electron chi connectivity index (χ2n) is 7.17. The molecule has 1 saturated carbocycles. The zero-order valence-corrected chi connectivity index (χ0v) is 16.6. The van der Waals surface area contributed by atoms with E-state index in [0.29, 0.717) is 5.69 Å². The Balaban J connectivity index is 1.72. The lowest BCUT2D eigenvalue weighted by atomic mass is 10.1. The zero-order chi connectivity index (χ0) is 19.4. The minimum atomic E-state index is -3.24. The molecule has 0 N–H and O–H groups in total. The molecule has 0 radical (unpaired) electrons. The lowest BCUT2D eigenvalue weighted by molar-refractivity contribution is 0.0988. The lowest BCUT2D eigenvalue weighted by Crippen LogP contribution is -2.27. The molecule has 0 bridgehead atoms. The molecule has 3 rings (SSSR count). The van der Waals surface area contributed by atoms with Crippen molar-refractivity contribution < 1.29 is 13.2 Å². The lowest BCUT2D eigenvalue weighted by Gasteiger charge is -2.23. The molecule has 1 heterocycles. The van der Waals surface area contributed by atoms with Gasteiger partial charge in [0.05, 0.1) is 4.90 Å². The number of anilines is 1. The molecule has 2 aromatic rings. The van der Waals surface area contributed by atoms with Crippen molar-refractivity contribution in [2.75, 3.05) is 24.2 Å². The summed E-state index contributed by atoms with van der Waals surface area (Å²) in [5, 5.41) is 0. The van der Waals surface area contributed by atoms with Crippen LogP contribution in [0, 0.1) is 5.92 Å². The van der Waals surface area contributed by atoms with Crippen LogP contribution in [-0.4, -0.2) is 43.5 Å². The summed E-state index contributed by atoms with van der Waals surface area (Å²) < 4.78 is 23.1. The van der Waals surface area contributed by atoms with Crippen molar-refractivity contribution in [2.24, 2.45) is 5.92 Å². The number of ketones is 1. The molecule has 0 saturated heterocycles. The molecule has 1 aliphatic rings. The van der Waals surface area contributed by atoms with E-state index in [0.717, 1.165) is 36.8 Å². The fourth-order valence-electron chi connectivity index (χ4n) is 2.98. The molecule has 1 aromatic heterocycles. The number of nitrogens with zero attached hydrogens (tertiary/aromatic N) is 3. The number of carbonyl (C=O) groups excluding carboxylic acids is 1. The SMILES string of the molecule is CCCN(CC1CC1)c1cc(C(=O)Cc2ccc(S(C)(=O)=O)cc2)ncn1. The van der Waals surface area contributed by atoms with Gasteiger partial charge < -0.3 is 4.90 Å². The number of benzene rings is 1. The Kier molecular flexibility index (Phi) is 5.89. The molecular weight excluding hydrogens is 362 g/mol. The zero-order valence-electron chi connectivity index (χ0n) is 15.8. The second kappa shape index (κ2) is 8.17. The maximum Gasteiger partial charge on any atom is 0.185 e. The summed E-state index contributed by atoms with van der Waals surface area (Å²) in [6.45, 7) is 4.02. The van der Waals surface area contributed by atoms with E-state index in [9.17, 15) is 13.2 Å². The van der Waals surface area contributed by atoms with E-state index in [1.165, 1.54) is 37.6 Å². The highest BCUT2D eigenvalue weighted by atomic mass is 32.2. The summed E-state index contributed by atoms with van der Waals surface area (Å²) in [5.41, 5.74) is 1.15. The van der Waals surface area contributed by atoms with Gasteiger partial charge in [0, 0.05) is 31.8 Å². The molecule has 144 valence electrons. The minimum absolute atomic E-state index is 0.103. The van der Waals surface area contributed by atoms with Crippen molar-refractivity contribution >= 4 is 21.4 Å². The van der Waals surface area contributed by atoms with Crippen molar-refractivity contribution in [1.82, 2.24) is 9.97 Å². The number of sulfone groups is 1. The Labute approximate surface area is 160 Å². The minimum Gasteiger partial charge on any atom is -0.356 e. The highest BCUT2D eigenvalue weighted by Gasteiger charge is 2.25. The molecule has 0 atom stereocenters. The topological polar surface area (TPSA) is 80.2 Å². The number of aromatic nitrogens is 2. The van der Waals surface area contributed by atoms with Gasteiger partial charge in [-0.1, -0.05) is 19.1 Å². The van der Waals surface area contributed by atoms with Crippen LogP contribution in [0.1, 0.15) is 42.2 Å². The summed E-state index contributed by atoms with van der Waals surface area (Å²) in [4.78, 5) is 23.6. The van der Waals surface area contributed by atoms with Crippen molar-refractivity contribution in [1.29, 1.82) is 0 Å². The van der Waals surface area contributed by atoms with Crippen LogP contribution in [0.5, 0.6) is 0 Å². The third-order valence-corrected chi connectivity index (χ3v) is 5.78. The average molecular weight is 388 g/mol. The first-order chi connectivity index (χ1) is 12.9. The molecular formula is C20H25N3O3S. The molecule has 7 heteroatoms. The van der Waals surface area contributed by atoms with E-state index in [-0.39, 0.29) is 17.1 Å². The number of rotatable bonds is 9. The number of hydrogen-bond donors (Lipinski definition) is 0. The molecule has 1 aromatic carbocycles. The average Bonchev–Trinajstić information content (AvgIpc) is 3.45. The summed E-state index contributed by atoms with van der Waals surface area (Å²) >= 11 is 0. The first-order valence-electron chi connectivity index (χ1n) is 9.26. The summed E-state index contributed by atoms with van der Waals surface area (Å²) in [6, 6.07) is 8.18. The highest BCUT2D eigenvalue weighted by molar-refractivity contribution is 7.90. The van der Waals surface area contributed by atoms with Gasteiger partial charge in [0.25, 0.3) is 0 Å². The van der Waals surface area contributed by atoms with Crippen LogP contribution in [0.15, 0.2) is 41.6 Å². The molecule has 27 heavy (non-hydrogen) atoms. The normalized spacial score (nSPS) is 14.1. The van der Waals surface area contributed by atoms with Gasteiger partial charge in [-0.15, -0.1) is 0 Å². The Hall–Kier alpha value is -2.28. The van der Waals surface area contributed by atoms with Crippen molar-refractivity contribution in [3.05, 3.63) is 47.9 Å². The summed E-state index contributed by atoms with van der Waals surface area (Å²) in [5.74, 6) is 1.43. The fraction of sp³-hybridized carbons (Fsp3) is 0.450. The first-order valence-corrected chi connectivity index (χ1v) is 11.1. The summed E-state index contributed by atoms with van der Waals surface area (Å²) in [6.07, 6.45) is 6.34. The fourth-order valence-corrected chi connectivity index (χ4v) is 3.61. The second-order valence-corrected chi connectivity index (χ2v) is 9.18. The number of Topliss-reactive ketones (excluding diaryl/α,β-unsaturated/α-hetero) is 1. The van der Waals surface area contributed by atoms with Crippen LogP contribution in [0.25, 0.3) is 0 Å². The standard InChI is InChI=1S/C20H25N3O3S/c1-3-10-23(13-16-4-5-16)20-12-18(21-14-22-20)19(24)11-15-6-8-17(9-7-15)27(2,25)26/h6-9,12,14,16H,3-5,10-11,13H2,1-2H3. The van der Waals surface area contributed by atoms with E-state index >= 15 is 0 Å². The summed E-state index contributed by atoms with van der Waals surface area (Å²) in [7, 11) is -3.24. The highest BCUT2D eigenvalue weighted by Crippen LogP contribution is 2.31. The number of hydrogen-bond acceptors (Lipinski definition) is 6. The van der Waals surface area contributed by atoms with Crippen LogP contribution in [0.4, 0.5) is 5.82 Å². The van der Waals surface area contributed by atoms with Crippen molar-refractivity contribution in [3.63, 3.8) is 0 Å². The molecule has 0 aliphatic heterocycles. The molecule has 1 fully saturated rings. The maximum atomic E-state index is 12.6. The van der Waals surface area contributed by atoms with Gasteiger partial charge in [0.15, 0.2) is 15.6 Å². The van der Waals surface area contributed by atoms with Gasteiger partial charge in [-0.25, -0.2) is 18.4 Å². The first kappa shape index (κ1) is 19.5. The Morgan fingerprint density at radius 1 is 1.19 bits per heavy atom. The predicted molar refractivity (Wildman–Crippen MR) is 105 cm³/mol. The molecule has 0 spiro atoms. The van der Waals surface area contributed by atoms with E-state index < -0.39 is 9.84 Å². The molecule has 6 nitrogen and oxygen atoms in total. The third kappa shape index (κ3) is 5.35. The van der Waals surface area contributed by atoms with Crippen molar-refractivity contribution in [3.8, 4) is 0 Å². The molecule has 1 aliphatic carbocycles. The Morgan fingerprint density at radius 2 is 1.89 bits per heavy atom. The molecule has 0 amide bonds. The third-order valence-electron chi connectivity index (χ3n) is 4.65. The Bertz CT molecular complexity index is 906. The number of carbonyl (C=O) groups is 1. The van der Waals surface area contributed by atoms with Crippen LogP contribution in [-0.2, 0) is 16.3 Å². The van der Waals surface area contributed by atoms with Crippen LogP contribution in [0.2, 0.25) is 0 Å². The van der Waals surface area contributed by atoms with Crippen LogP contribution in [0.3, 0.4) is 0 Å². The quantitative estimate of drug-likeness (QED) is 0.616. The van der Waals surface area contributed by atoms with E-state index in [2.05, 4.69) is 21.8 Å². The van der Waals surface area contributed by atoms with Gasteiger partial charge in [-0.2, -0.15) is 0 Å². The molecule has 0 unspecified atom stereocenters. The van der Waals surface area contributed by atoms with Crippen LogP contribution >= 0.6 is 0 Å². The van der Waals surface area contributed by atoms with Crippen molar-refractivity contribution in [2.45, 2.75) is 37.5 Å². The van der Waals surface area contributed by atoms with Gasteiger partial charge in [0.1, 0.15) is 17.8 Å².